The van der Waals surface area contributed by atoms with Crippen molar-refractivity contribution in [2.45, 2.75) is 25.7 Å². The second kappa shape index (κ2) is 5.48. The minimum absolute atomic E-state index is 0.962. The van der Waals surface area contributed by atoms with Crippen LogP contribution in [0, 0.1) is 0 Å². The number of fused-ring (bicyclic) bond motifs is 3. The van der Waals surface area contributed by atoms with E-state index in [0.717, 1.165) is 31.6 Å². The van der Waals surface area contributed by atoms with E-state index in [1.807, 2.05) is 0 Å². The third-order valence-corrected chi connectivity index (χ3v) is 4.61. The van der Waals surface area contributed by atoms with Crippen LogP contribution < -0.4 is 4.90 Å². The first-order valence-corrected chi connectivity index (χ1v) is 8.07. The van der Waals surface area contributed by atoms with Crippen molar-refractivity contribution in [3.05, 3.63) is 59.4 Å². The van der Waals surface area contributed by atoms with Gasteiger partial charge in [-0.3, -0.25) is 0 Å². The molecule has 3 nitrogen and oxygen atoms in total. The number of aromatic amines is 1. The van der Waals surface area contributed by atoms with Gasteiger partial charge in [0.25, 0.3) is 0 Å². The summed E-state index contributed by atoms with van der Waals surface area (Å²) < 4.78 is 0. The second-order valence-corrected chi connectivity index (χ2v) is 6.15. The summed E-state index contributed by atoms with van der Waals surface area (Å²) in [5.74, 6) is 1.10. The number of imidazole rings is 1. The van der Waals surface area contributed by atoms with Crippen molar-refractivity contribution in [1.29, 1.82) is 0 Å². The van der Waals surface area contributed by atoms with E-state index < -0.39 is 0 Å². The Morgan fingerprint density at radius 2 is 1.95 bits per heavy atom. The highest BCUT2D eigenvalue weighted by molar-refractivity contribution is 5.85. The van der Waals surface area contributed by atoms with Gasteiger partial charge in [-0.05, 0) is 37.0 Å². The Kier molecular flexibility index (Phi) is 3.34. The van der Waals surface area contributed by atoms with Crippen molar-refractivity contribution in [3.8, 4) is 0 Å². The van der Waals surface area contributed by atoms with Crippen molar-refractivity contribution < 1.29 is 0 Å². The van der Waals surface area contributed by atoms with Crippen LogP contribution in [0.25, 0.3) is 11.0 Å². The van der Waals surface area contributed by atoms with Gasteiger partial charge in [0, 0.05) is 31.3 Å². The molecular formula is C19H21N3. The molecule has 0 amide bonds. The molecule has 3 aromatic rings. The smallest absolute Gasteiger partial charge is 0.107 e. The van der Waals surface area contributed by atoms with Gasteiger partial charge in [-0.25, -0.2) is 4.98 Å². The van der Waals surface area contributed by atoms with E-state index in [9.17, 15) is 0 Å². The Morgan fingerprint density at radius 1 is 1.09 bits per heavy atom. The number of H-pyrrole nitrogens is 1. The minimum atomic E-state index is 0.962. The van der Waals surface area contributed by atoms with Gasteiger partial charge in [-0.15, -0.1) is 0 Å². The molecule has 0 saturated heterocycles. The van der Waals surface area contributed by atoms with Crippen LogP contribution in [0.2, 0.25) is 0 Å². The monoisotopic (exact) mass is 291 g/mol. The zero-order valence-corrected chi connectivity index (χ0v) is 13.0. The molecule has 0 atom stereocenters. The molecule has 0 fully saturated rings. The summed E-state index contributed by atoms with van der Waals surface area (Å²) in [6.07, 6.45) is 4.35. The molecule has 3 heteroatoms. The molecule has 1 aliphatic rings. The Morgan fingerprint density at radius 3 is 2.82 bits per heavy atom. The van der Waals surface area contributed by atoms with Gasteiger partial charge in [-0.1, -0.05) is 30.3 Å². The Balaban J connectivity index is 1.63. The molecule has 1 aliphatic heterocycles. The molecule has 112 valence electrons. The standard InChI is InChI=1S/C19H21N3/c1-22-13-5-8-15-17(22)11-10-16-19(15)21-18(20-16)12-9-14-6-3-2-4-7-14/h2-4,6-7,10-11H,5,8-9,12-13H2,1H3,(H,20,21). The van der Waals surface area contributed by atoms with Crippen molar-refractivity contribution in [2.24, 2.45) is 0 Å². The van der Waals surface area contributed by atoms with Crippen molar-refractivity contribution in [1.82, 2.24) is 9.97 Å². The highest BCUT2D eigenvalue weighted by Crippen LogP contribution is 2.31. The lowest BCUT2D eigenvalue weighted by molar-refractivity contribution is 0.748. The molecule has 0 aliphatic carbocycles. The summed E-state index contributed by atoms with van der Waals surface area (Å²) in [4.78, 5) is 10.7. The van der Waals surface area contributed by atoms with E-state index in [2.05, 4.69) is 59.4 Å². The summed E-state index contributed by atoms with van der Waals surface area (Å²) in [5.41, 5.74) is 6.47. The summed E-state index contributed by atoms with van der Waals surface area (Å²) >= 11 is 0. The van der Waals surface area contributed by atoms with Gasteiger partial charge < -0.3 is 9.88 Å². The fourth-order valence-corrected chi connectivity index (χ4v) is 3.42. The van der Waals surface area contributed by atoms with E-state index in [1.165, 1.54) is 34.3 Å². The van der Waals surface area contributed by atoms with Gasteiger partial charge in [-0.2, -0.15) is 0 Å². The quantitative estimate of drug-likeness (QED) is 0.797. The van der Waals surface area contributed by atoms with E-state index in [-0.39, 0.29) is 0 Å². The lowest BCUT2D eigenvalue weighted by Gasteiger charge is -2.27. The fraction of sp³-hybridized carbons (Fsp3) is 0.316. The van der Waals surface area contributed by atoms with Crippen molar-refractivity contribution >= 4 is 16.7 Å². The third-order valence-electron chi connectivity index (χ3n) is 4.61. The molecule has 4 rings (SSSR count). The van der Waals surface area contributed by atoms with Gasteiger partial charge >= 0.3 is 0 Å². The van der Waals surface area contributed by atoms with Crippen LogP contribution in [-0.4, -0.2) is 23.6 Å². The first-order chi connectivity index (χ1) is 10.8. The SMILES string of the molecule is CN1CCCc2c1ccc1[nH]c(CCc3ccccc3)nc21. The first-order valence-electron chi connectivity index (χ1n) is 8.07. The predicted octanol–water partition coefficient (Wildman–Crippen LogP) is 3.73. The van der Waals surface area contributed by atoms with Gasteiger partial charge in [0.2, 0.25) is 0 Å². The topological polar surface area (TPSA) is 31.9 Å². The van der Waals surface area contributed by atoms with Crippen LogP contribution in [0.3, 0.4) is 0 Å². The van der Waals surface area contributed by atoms with Crippen molar-refractivity contribution in [2.75, 3.05) is 18.5 Å². The molecule has 0 radical (unpaired) electrons. The fourth-order valence-electron chi connectivity index (χ4n) is 3.42. The zero-order valence-electron chi connectivity index (χ0n) is 13.0. The molecule has 22 heavy (non-hydrogen) atoms. The van der Waals surface area contributed by atoms with Crippen LogP contribution in [-0.2, 0) is 19.3 Å². The number of hydrogen-bond donors (Lipinski definition) is 1. The number of nitrogens with one attached hydrogen (secondary N) is 1. The van der Waals surface area contributed by atoms with Crippen LogP contribution in [0.1, 0.15) is 23.4 Å². The Bertz CT molecular complexity index is 789. The van der Waals surface area contributed by atoms with Gasteiger partial charge in [0.15, 0.2) is 0 Å². The van der Waals surface area contributed by atoms with Gasteiger partial charge in [0.1, 0.15) is 5.82 Å². The van der Waals surface area contributed by atoms with Crippen LogP contribution in [0.5, 0.6) is 0 Å². The average Bonchev–Trinajstić information content (AvgIpc) is 2.98. The maximum atomic E-state index is 4.89. The zero-order chi connectivity index (χ0) is 14.9. The van der Waals surface area contributed by atoms with Gasteiger partial charge in [0.05, 0.1) is 11.0 Å². The largest absolute Gasteiger partial charge is 0.374 e. The predicted molar refractivity (Wildman–Crippen MR) is 91.5 cm³/mol. The number of hydrogen-bond acceptors (Lipinski definition) is 2. The number of aromatic nitrogens is 2. The maximum Gasteiger partial charge on any atom is 0.107 e. The molecule has 1 aromatic heterocycles. The summed E-state index contributed by atoms with van der Waals surface area (Å²) in [5, 5.41) is 0. The van der Waals surface area contributed by atoms with E-state index in [0.29, 0.717) is 0 Å². The number of rotatable bonds is 3. The molecule has 1 N–H and O–H groups in total. The Hall–Kier alpha value is -2.29. The van der Waals surface area contributed by atoms with E-state index >= 15 is 0 Å². The number of nitrogens with zero attached hydrogens (tertiary/aromatic N) is 2. The molecule has 0 spiro atoms. The maximum absolute atomic E-state index is 4.89. The van der Waals surface area contributed by atoms with Crippen LogP contribution >= 0.6 is 0 Å². The average molecular weight is 291 g/mol. The van der Waals surface area contributed by atoms with Crippen LogP contribution in [0.4, 0.5) is 5.69 Å². The molecular weight excluding hydrogens is 270 g/mol. The van der Waals surface area contributed by atoms with Crippen LogP contribution in [0.15, 0.2) is 42.5 Å². The number of benzene rings is 2. The number of anilines is 1. The lowest BCUT2D eigenvalue weighted by atomic mass is 10.0. The molecule has 0 bridgehead atoms. The molecule has 2 heterocycles. The highest BCUT2D eigenvalue weighted by atomic mass is 15.1. The minimum Gasteiger partial charge on any atom is -0.374 e. The van der Waals surface area contributed by atoms with E-state index in [1.54, 1.807) is 0 Å². The summed E-state index contributed by atoms with van der Waals surface area (Å²) in [6, 6.07) is 15.0. The lowest BCUT2D eigenvalue weighted by Crippen LogP contribution is -2.24. The normalized spacial score (nSPS) is 14.3. The molecule has 2 aromatic carbocycles. The third kappa shape index (κ3) is 2.37. The summed E-state index contributed by atoms with van der Waals surface area (Å²) in [7, 11) is 2.17. The second-order valence-electron chi connectivity index (χ2n) is 6.15. The Labute approximate surface area is 131 Å². The highest BCUT2D eigenvalue weighted by Gasteiger charge is 2.18. The summed E-state index contributed by atoms with van der Waals surface area (Å²) in [6.45, 7) is 1.14. The van der Waals surface area contributed by atoms with Crippen molar-refractivity contribution in [3.63, 3.8) is 0 Å². The molecule has 0 unspecified atom stereocenters. The first kappa shape index (κ1) is 13.4. The van der Waals surface area contributed by atoms with E-state index in [4.69, 9.17) is 4.98 Å². The number of aryl methyl sites for hydroxylation is 3. The molecule has 0 saturated carbocycles.